The van der Waals surface area contributed by atoms with Gasteiger partial charge in [0.1, 0.15) is 5.82 Å². The molecule has 2 aromatic rings. The van der Waals surface area contributed by atoms with E-state index in [1.807, 2.05) is 20.8 Å². The number of nitrogens with two attached hydrogens (primary N) is 1. The number of amides is 1. The highest BCUT2D eigenvalue weighted by atomic mass is 19.1. The number of esters is 1. The molecule has 0 saturated heterocycles. The number of carbonyl (C=O) groups excluding carboxylic acids is 2. The molecule has 4 N–H and O–H groups in total. The second kappa shape index (κ2) is 17.1. The molecular formula is C26H38F2N2O6. The van der Waals surface area contributed by atoms with Crippen LogP contribution in [0.3, 0.4) is 0 Å². The Bertz CT molecular complexity index is 952. The van der Waals surface area contributed by atoms with Crippen LogP contribution in [0.15, 0.2) is 30.5 Å². The van der Waals surface area contributed by atoms with Crippen molar-refractivity contribution in [1.29, 1.82) is 0 Å². The Kier molecular flexibility index (Phi) is 15.4. The molecule has 0 radical (unpaired) electrons. The molecule has 0 aliphatic rings. The number of benzene rings is 1. The van der Waals surface area contributed by atoms with E-state index in [9.17, 15) is 23.5 Å². The molecule has 1 unspecified atom stereocenters. The Hall–Kier alpha value is -3.43. The van der Waals surface area contributed by atoms with Crippen LogP contribution < -0.4 is 10.5 Å². The van der Waals surface area contributed by atoms with Gasteiger partial charge in [-0.3, -0.25) is 9.59 Å². The van der Waals surface area contributed by atoms with Gasteiger partial charge in [0, 0.05) is 24.8 Å². The third-order valence-electron chi connectivity index (χ3n) is 4.98. The number of nitrogens with zero attached hydrogens (tertiary/aromatic N) is 1. The SMILES string of the molecule is CCC(CC)CC(C)OC(=O)CC(C)C.COc1ccnc(C(N)=O)c1O.Oc1cc(F)ccc1F. The molecule has 0 aliphatic heterocycles. The highest BCUT2D eigenvalue weighted by molar-refractivity contribution is 5.94. The van der Waals surface area contributed by atoms with Crippen LogP contribution in [-0.4, -0.2) is 40.3 Å². The first kappa shape index (κ1) is 32.6. The molecule has 0 aliphatic carbocycles. The number of primary amides is 1. The van der Waals surface area contributed by atoms with Gasteiger partial charge in [0.25, 0.3) is 5.91 Å². The number of rotatable bonds is 9. The Labute approximate surface area is 211 Å². The summed E-state index contributed by atoms with van der Waals surface area (Å²) in [5.74, 6) is -2.02. The molecule has 2 rings (SSSR count). The van der Waals surface area contributed by atoms with E-state index >= 15 is 0 Å². The zero-order valence-electron chi connectivity index (χ0n) is 21.8. The van der Waals surface area contributed by atoms with Gasteiger partial charge in [-0.15, -0.1) is 0 Å². The summed E-state index contributed by atoms with van der Waals surface area (Å²) >= 11 is 0. The van der Waals surface area contributed by atoms with Gasteiger partial charge in [0.15, 0.2) is 28.8 Å². The molecule has 1 aromatic carbocycles. The van der Waals surface area contributed by atoms with Crippen molar-refractivity contribution in [2.24, 2.45) is 17.6 Å². The lowest BCUT2D eigenvalue weighted by molar-refractivity contribution is -0.149. The number of aromatic nitrogens is 1. The number of hydrogen-bond acceptors (Lipinski definition) is 7. The van der Waals surface area contributed by atoms with Gasteiger partial charge in [0.05, 0.1) is 13.2 Å². The predicted molar refractivity (Wildman–Crippen MR) is 133 cm³/mol. The normalized spacial score (nSPS) is 11.1. The molecule has 0 spiro atoms. The highest BCUT2D eigenvalue weighted by Gasteiger charge is 2.15. The number of carbonyl (C=O) groups is 2. The topological polar surface area (TPSA) is 132 Å². The monoisotopic (exact) mass is 512 g/mol. The number of phenols is 1. The van der Waals surface area contributed by atoms with Crippen molar-refractivity contribution >= 4 is 11.9 Å². The predicted octanol–water partition coefficient (Wildman–Crippen LogP) is 5.36. The molecule has 1 heterocycles. The first-order chi connectivity index (χ1) is 16.9. The zero-order valence-corrected chi connectivity index (χ0v) is 21.8. The van der Waals surface area contributed by atoms with E-state index in [1.165, 1.54) is 32.2 Å². The number of ether oxygens (including phenoxy) is 2. The van der Waals surface area contributed by atoms with Gasteiger partial charge in [-0.1, -0.05) is 40.5 Å². The molecular weight excluding hydrogens is 474 g/mol. The Morgan fingerprint density at radius 1 is 1.08 bits per heavy atom. The maximum Gasteiger partial charge on any atom is 0.306 e. The van der Waals surface area contributed by atoms with E-state index in [-0.39, 0.29) is 29.3 Å². The van der Waals surface area contributed by atoms with Crippen molar-refractivity contribution in [1.82, 2.24) is 4.98 Å². The molecule has 36 heavy (non-hydrogen) atoms. The van der Waals surface area contributed by atoms with Crippen molar-refractivity contribution in [2.75, 3.05) is 7.11 Å². The van der Waals surface area contributed by atoms with Gasteiger partial charge < -0.3 is 25.4 Å². The summed E-state index contributed by atoms with van der Waals surface area (Å²) in [5.41, 5.74) is 4.74. The van der Waals surface area contributed by atoms with E-state index in [1.54, 1.807) is 0 Å². The third-order valence-corrected chi connectivity index (χ3v) is 4.98. The molecule has 0 fully saturated rings. The van der Waals surface area contributed by atoms with Crippen LogP contribution in [0.4, 0.5) is 8.78 Å². The molecule has 202 valence electrons. The quantitative estimate of drug-likeness (QED) is 0.386. The van der Waals surface area contributed by atoms with E-state index in [2.05, 4.69) is 18.8 Å². The summed E-state index contributed by atoms with van der Waals surface area (Å²) in [5, 5.41) is 17.8. The minimum atomic E-state index is -0.809. The van der Waals surface area contributed by atoms with Gasteiger partial charge in [-0.2, -0.15) is 0 Å². The van der Waals surface area contributed by atoms with E-state index in [4.69, 9.17) is 20.3 Å². The fourth-order valence-electron chi connectivity index (χ4n) is 3.01. The third kappa shape index (κ3) is 12.9. The van der Waals surface area contributed by atoms with Crippen LogP contribution in [0.2, 0.25) is 0 Å². The van der Waals surface area contributed by atoms with Crippen molar-refractivity contribution in [2.45, 2.75) is 66.4 Å². The summed E-state index contributed by atoms with van der Waals surface area (Å²) in [6.07, 6.45) is 5.27. The number of phenolic OH excluding ortho intramolecular Hbond substituents is 1. The van der Waals surface area contributed by atoms with Crippen molar-refractivity contribution in [3.8, 4) is 17.2 Å². The maximum atomic E-state index is 12.1. The summed E-state index contributed by atoms with van der Waals surface area (Å²) in [7, 11) is 1.37. The average molecular weight is 513 g/mol. The van der Waals surface area contributed by atoms with E-state index in [0.717, 1.165) is 24.6 Å². The Morgan fingerprint density at radius 3 is 2.14 bits per heavy atom. The molecule has 10 heteroatoms. The van der Waals surface area contributed by atoms with E-state index in [0.29, 0.717) is 18.3 Å². The number of hydrogen-bond donors (Lipinski definition) is 3. The Morgan fingerprint density at radius 2 is 1.69 bits per heavy atom. The first-order valence-electron chi connectivity index (χ1n) is 11.7. The lowest BCUT2D eigenvalue weighted by Gasteiger charge is -2.19. The van der Waals surface area contributed by atoms with Crippen LogP contribution in [-0.2, 0) is 9.53 Å². The molecule has 0 saturated carbocycles. The molecule has 1 amide bonds. The number of halogens is 2. The lowest BCUT2D eigenvalue weighted by Crippen LogP contribution is -2.19. The van der Waals surface area contributed by atoms with Crippen molar-refractivity contribution in [3.63, 3.8) is 0 Å². The van der Waals surface area contributed by atoms with Crippen molar-refractivity contribution < 1.29 is 38.1 Å². The number of aromatic hydroxyl groups is 2. The number of methoxy groups -OCH3 is 1. The fraction of sp³-hybridized carbons (Fsp3) is 0.500. The van der Waals surface area contributed by atoms with Crippen LogP contribution in [0.25, 0.3) is 0 Å². The summed E-state index contributed by atoms with van der Waals surface area (Å²) < 4.78 is 34.2. The lowest BCUT2D eigenvalue weighted by atomic mass is 9.97. The second-order valence-corrected chi connectivity index (χ2v) is 8.49. The fourth-order valence-corrected chi connectivity index (χ4v) is 3.01. The standard InChI is InChI=1S/C13H26O2.C7H8N2O3.C6H4F2O/c1-6-12(7-2)9-11(5)15-13(14)8-10(3)4;1-12-4-2-3-9-5(6(4)10)7(8)11;7-4-1-2-5(8)6(9)3-4/h10-12H,6-9H2,1-5H3;2-3,10H,1H3,(H2,8,11);1-3,9H. The molecule has 8 nitrogen and oxygen atoms in total. The Balaban J connectivity index is 0.000000525. The van der Waals surface area contributed by atoms with Crippen LogP contribution in [0, 0.1) is 23.5 Å². The maximum absolute atomic E-state index is 12.1. The molecule has 0 bridgehead atoms. The summed E-state index contributed by atoms with van der Waals surface area (Å²) in [6.45, 7) is 10.4. The van der Waals surface area contributed by atoms with Crippen molar-refractivity contribution in [3.05, 3.63) is 47.8 Å². The van der Waals surface area contributed by atoms with Gasteiger partial charge in [-0.25, -0.2) is 13.8 Å². The minimum absolute atomic E-state index is 0.0524. The largest absolute Gasteiger partial charge is 0.505 e. The van der Waals surface area contributed by atoms with Gasteiger partial charge in [-0.05, 0) is 37.3 Å². The van der Waals surface area contributed by atoms with E-state index < -0.39 is 23.3 Å². The first-order valence-corrected chi connectivity index (χ1v) is 11.7. The summed E-state index contributed by atoms with van der Waals surface area (Å²) in [4.78, 5) is 25.6. The zero-order chi connectivity index (χ0) is 27.8. The number of pyridine rings is 1. The van der Waals surface area contributed by atoms with Crippen LogP contribution in [0.1, 0.15) is 70.8 Å². The van der Waals surface area contributed by atoms with Crippen LogP contribution in [0.5, 0.6) is 17.2 Å². The molecule has 1 aromatic heterocycles. The summed E-state index contributed by atoms with van der Waals surface area (Å²) in [6, 6.07) is 3.96. The average Bonchev–Trinajstić information content (AvgIpc) is 2.80. The minimum Gasteiger partial charge on any atom is -0.505 e. The molecule has 1 atom stereocenters. The van der Waals surface area contributed by atoms with Crippen LogP contribution >= 0.6 is 0 Å². The smallest absolute Gasteiger partial charge is 0.306 e. The highest BCUT2D eigenvalue weighted by Crippen LogP contribution is 2.26. The second-order valence-electron chi connectivity index (χ2n) is 8.49. The van der Waals surface area contributed by atoms with Gasteiger partial charge in [0.2, 0.25) is 0 Å². The van der Waals surface area contributed by atoms with Gasteiger partial charge >= 0.3 is 5.97 Å².